The fourth-order valence-electron chi connectivity index (χ4n) is 0.117. The molecule has 0 aromatic heterocycles. The van der Waals surface area contributed by atoms with Gasteiger partial charge in [0.05, 0.1) is 0 Å². The molecule has 0 amide bonds. The van der Waals surface area contributed by atoms with E-state index >= 15 is 0 Å². The summed E-state index contributed by atoms with van der Waals surface area (Å²) in [5, 5.41) is 4.13. The van der Waals surface area contributed by atoms with Gasteiger partial charge < -0.3 is 0 Å². The van der Waals surface area contributed by atoms with Gasteiger partial charge in [-0.1, -0.05) is 0 Å². The normalized spacial score (nSPS) is 21.3. The molecule has 0 radical (unpaired) electrons. The van der Waals surface area contributed by atoms with E-state index in [0.717, 1.165) is 0 Å². The molecular formula is CH2O3Sb2. The quantitative estimate of drug-likeness (QED) is 0.407. The maximum absolute atomic E-state index is 4.55. The first kappa shape index (κ1) is 5.52. The Labute approximate surface area is 51.7 Å². The number of rotatable bonds is 0. The summed E-state index contributed by atoms with van der Waals surface area (Å²) in [5.41, 5.74) is 0. The van der Waals surface area contributed by atoms with E-state index in [1.807, 2.05) is 0 Å². The van der Waals surface area contributed by atoms with Gasteiger partial charge in [0.2, 0.25) is 0 Å². The Bertz CT molecular complexity index is 53.8. The van der Waals surface area contributed by atoms with Gasteiger partial charge in [-0.25, -0.2) is 0 Å². The van der Waals surface area contributed by atoms with Gasteiger partial charge in [0.1, 0.15) is 0 Å². The molecule has 0 atom stereocenters. The van der Waals surface area contributed by atoms with E-state index in [-0.39, 0.29) is 17.0 Å². The van der Waals surface area contributed by atoms with Crippen LogP contribution in [0.5, 0.6) is 0 Å². The van der Waals surface area contributed by atoms with Crippen molar-refractivity contribution in [2.24, 2.45) is 0 Å². The van der Waals surface area contributed by atoms with Gasteiger partial charge in [-0.3, -0.25) is 0 Å². The number of hydrogen-bond donors (Lipinski definition) is 0. The van der Waals surface area contributed by atoms with E-state index in [2.05, 4.69) is 13.1 Å². The first-order valence-electron chi connectivity index (χ1n) is 1.25. The zero-order valence-corrected chi connectivity index (χ0v) is 8.16. The fourth-order valence-corrected chi connectivity index (χ4v) is 3.84. The Kier molecular flexibility index (Phi) is 3.13. The topological polar surface area (TPSA) is 27.7 Å². The van der Waals surface area contributed by atoms with Crippen molar-refractivity contribution in [2.45, 2.75) is 0 Å². The fraction of sp³-hybridized carbons (Fsp3) is 0. The van der Waals surface area contributed by atoms with E-state index in [1.165, 1.54) is 0 Å². The molecule has 0 saturated heterocycles. The van der Waals surface area contributed by atoms with Crippen LogP contribution in [0.1, 0.15) is 0 Å². The van der Waals surface area contributed by atoms with Crippen molar-refractivity contribution >= 4 is 39.0 Å². The molecule has 6 heavy (non-hydrogen) atoms. The molecule has 0 saturated carbocycles. The second kappa shape index (κ2) is 3.40. The number of hydrogen-bond acceptors (Lipinski definition) is 3. The predicted molar refractivity (Wildman–Crippen MR) is 22.2 cm³/mol. The van der Waals surface area contributed by atoms with Crippen LogP contribution in [-0.4, -0.2) is 39.0 Å². The summed E-state index contributed by atoms with van der Waals surface area (Å²) >= 11 is -0.562. The molecule has 0 bridgehead atoms. The van der Waals surface area contributed by atoms with Gasteiger partial charge in [0.15, 0.2) is 0 Å². The zero-order valence-electron chi connectivity index (χ0n) is 2.75. The van der Waals surface area contributed by atoms with Gasteiger partial charge in [-0.2, -0.15) is 0 Å². The molecule has 0 unspecified atom stereocenters. The van der Waals surface area contributed by atoms with Gasteiger partial charge in [-0.05, 0) is 0 Å². The molecule has 0 spiro atoms. The third-order valence-corrected chi connectivity index (χ3v) is 6.98. The van der Waals surface area contributed by atoms with Crippen molar-refractivity contribution in [3.63, 3.8) is 0 Å². The van der Waals surface area contributed by atoms with Crippen molar-refractivity contribution in [1.29, 1.82) is 0 Å². The summed E-state index contributed by atoms with van der Waals surface area (Å²) in [6, 6.07) is 0. The second-order valence-electron chi connectivity index (χ2n) is 0.573. The molecule has 3 nitrogen and oxygen atoms in total. The van der Waals surface area contributed by atoms with Gasteiger partial charge in [-0.15, -0.1) is 0 Å². The summed E-state index contributed by atoms with van der Waals surface area (Å²) in [4.78, 5) is 4.33. The van der Waals surface area contributed by atoms with Gasteiger partial charge >= 0.3 is 52.1 Å². The van der Waals surface area contributed by atoms with Crippen LogP contribution in [0.2, 0.25) is 0 Å². The molecule has 0 aromatic carbocycles. The van der Waals surface area contributed by atoms with Crippen molar-refractivity contribution < 1.29 is 13.1 Å². The summed E-state index contributed by atoms with van der Waals surface area (Å²) in [5.74, 6) is 0. The third kappa shape index (κ3) is 1.90. The maximum atomic E-state index is 4.55. The predicted octanol–water partition coefficient (Wildman–Crippen LogP) is -1.39. The Morgan fingerprint density at radius 1 is 1.67 bits per heavy atom. The molecule has 0 aromatic rings. The average molecular weight is 306 g/mol. The minimum absolute atomic E-state index is 0.0953. The third-order valence-electron chi connectivity index (χ3n) is 0.259. The van der Waals surface area contributed by atoms with Crippen molar-refractivity contribution in [2.75, 3.05) is 0 Å². The molecule has 1 aliphatic rings. The van der Waals surface area contributed by atoms with E-state index < -0.39 is 17.9 Å². The monoisotopic (exact) mass is 304 g/mol. The molecule has 0 aliphatic carbocycles. The SMILES string of the molecule is [CH]1=[Sb][SbH][O]OO1. The Morgan fingerprint density at radius 3 is 2.83 bits per heavy atom. The molecule has 1 rings (SSSR count). The minimum atomic E-state index is -0.466. The van der Waals surface area contributed by atoms with E-state index in [0.29, 0.717) is 0 Å². The van der Waals surface area contributed by atoms with Crippen LogP contribution >= 0.6 is 0 Å². The van der Waals surface area contributed by atoms with E-state index in [4.69, 9.17) is 0 Å². The Morgan fingerprint density at radius 2 is 2.67 bits per heavy atom. The molecular weight excluding hydrogens is 304 g/mol. The summed E-state index contributed by atoms with van der Waals surface area (Å²) in [6.07, 6.45) is 0. The van der Waals surface area contributed by atoms with E-state index in [9.17, 15) is 0 Å². The van der Waals surface area contributed by atoms with Gasteiger partial charge in [0.25, 0.3) is 0 Å². The molecule has 1 heterocycles. The standard InChI is InChI=1S/CH2O3.2Sb.H/c1-3-4-2;;;/h1-2H;;;/q;;+1;/p-1. The van der Waals surface area contributed by atoms with Crippen LogP contribution in [0, 0.1) is 0 Å². The van der Waals surface area contributed by atoms with E-state index in [1.54, 1.807) is 4.14 Å². The molecule has 5 heteroatoms. The first-order valence-corrected chi connectivity index (χ1v) is 13.7. The summed E-state index contributed by atoms with van der Waals surface area (Å²) in [6.45, 7) is 0. The van der Waals surface area contributed by atoms with Crippen molar-refractivity contribution in [3.8, 4) is 0 Å². The van der Waals surface area contributed by atoms with Crippen LogP contribution in [0.15, 0.2) is 0 Å². The average Bonchev–Trinajstić information content (AvgIpc) is 1.72. The van der Waals surface area contributed by atoms with Crippen molar-refractivity contribution in [1.82, 2.24) is 0 Å². The summed E-state index contributed by atoms with van der Waals surface area (Å²) in [7, 11) is 0. The van der Waals surface area contributed by atoms with Crippen LogP contribution < -0.4 is 0 Å². The molecule has 34 valence electrons. The molecule has 1 aliphatic heterocycles. The van der Waals surface area contributed by atoms with Crippen LogP contribution in [-0.2, 0) is 13.1 Å². The molecule has 0 fully saturated rings. The van der Waals surface area contributed by atoms with Gasteiger partial charge in [0, 0.05) is 0 Å². The Balaban J connectivity index is 2.26. The second-order valence-corrected chi connectivity index (χ2v) is 11.3. The zero-order chi connectivity index (χ0) is 4.24. The summed E-state index contributed by atoms with van der Waals surface area (Å²) < 4.78 is 6.32. The van der Waals surface area contributed by atoms with Crippen molar-refractivity contribution in [3.05, 3.63) is 0 Å². The first-order chi connectivity index (χ1) is 3.00. The van der Waals surface area contributed by atoms with Crippen LogP contribution in [0.25, 0.3) is 0 Å². The van der Waals surface area contributed by atoms with Crippen LogP contribution in [0.4, 0.5) is 0 Å². The van der Waals surface area contributed by atoms with Crippen LogP contribution in [0.3, 0.4) is 0 Å². The molecule has 0 N–H and O–H groups in total. The Hall–Kier alpha value is 1.39.